The molecule has 2 nitrogen and oxygen atoms in total. The molecule has 0 fully saturated rings. The molecule has 18 heavy (non-hydrogen) atoms. The van der Waals surface area contributed by atoms with Crippen molar-refractivity contribution >= 4 is 5.78 Å². The van der Waals surface area contributed by atoms with Gasteiger partial charge in [0, 0.05) is 31.8 Å². The summed E-state index contributed by atoms with van der Waals surface area (Å²) in [5.74, 6) is 0.230. The van der Waals surface area contributed by atoms with E-state index in [1.807, 2.05) is 44.4 Å². The summed E-state index contributed by atoms with van der Waals surface area (Å²) < 4.78 is 0. The van der Waals surface area contributed by atoms with Gasteiger partial charge in [0.05, 0.1) is 0 Å². The third-order valence-corrected chi connectivity index (χ3v) is 3.23. The van der Waals surface area contributed by atoms with E-state index in [0.717, 1.165) is 18.4 Å². The van der Waals surface area contributed by atoms with Crippen LogP contribution in [0.5, 0.6) is 0 Å². The van der Waals surface area contributed by atoms with Gasteiger partial charge < -0.3 is 4.90 Å². The maximum absolute atomic E-state index is 12.0. The Hall–Kier alpha value is -1.83. The van der Waals surface area contributed by atoms with Gasteiger partial charge in [-0.1, -0.05) is 36.4 Å². The minimum atomic E-state index is 0.230. The van der Waals surface area contributed by atoms with E-state index in [2.05, 4.69) is 17.1 Å². The molecular formula is C16H19NO. The molecule has 0 unspecified atom stereocenters. The summed E-state index contributed by atoms with van der Waals surface area (Å²) in [6, 6.07) is 9.53. The molecule has 0 N–H and O–H groups in total. The Morgan fingerprint density at radius 2 is 1.94 bits per heavy atom. The van der Waals surface area contributed by atoms with Crippen LogP contribution in [0.3, 0.4) is 0 Å². The fourth-order valence-electron chi connectivity index (χ4n) is 2.26. The lowest BCUT2D eigenvalue weighted by molar-refractivity contribution is 0.0982. The van der Waals surface area contributed by atoms with Gasteiger partial charge in [0.15, 0.2) is 5.78 Å². The number of carbonyl (C=O) groups is 1. The summed E-state index contributed by atoms with van der Waals surface area (Å²) in [5, 5.41) is 0. The van der Waals surface area contributed by atoms with Crippen molar-refractivity contribution in [2.45, 2.75) is 19.3 Å². The van der Waals surface area contributed by atoms with Gasteiger partial charge in [-0.2, -0.15) is 0 Å². The Balaban J connectivity index is 1.97. The maximum Gasteiger partial charge on any atom is 0.163 e. The molecule has 1 aromatic rings. The van der Waals surface area contributed by atoms with Crippen molar-refractivity contribution in [1.29, 1.82) is 0 Å². The van der Waals surface area contributed by atoms with Crippen LogP contribution in [0.2, 0.25) is 0 Å². The fraction of sp³-hybridized carbons (Fsp3) is 0.312. The van der Waals surface area contributed by atoms with Crippen molar-refractivity contribution < 1.29 is 4.79 Å². The van der Waals surface area contributed by atoms with E-state index in [1.54, 1.807) is 0 Å². The lowest BCUT2D eigenvalue weighted by atomic mass is 10.0. The summed E-state index contributed by atoms with van der Waals surface area (Å²) in [5.41, 5.74) is 3.44. The number of rotatable bonds is 5. The largest absolute Gasteiger partial charge is 0.378 e. The number of allylic oxidation sites excluding steroid dienone is 3. The molecule has 0 radical (unpaired) electrons. The van der Waals surface area contributed by atoms with Crippen LogP contribution in [0, 0.1) is 0 Å². The van der Waals surface area contributed by atoms with E-state index in [1.165, 1.54) is 11.3 Å². The van der Waals surface area contributed by atoms with Crippen LogP contribution < -0.4 is 0 Å². The monoisotopic (exact) mass is 241 g/mol. The second-order valence-electron chi connectivity index (χ2n) is 4.78. The molecule has 0 saturated carbocycles. The highest BCUT2D eigenvalue weighted by Crippen LogP contribution is 2.25. The van der Waals surface area contributed by atoms with Crippen LogP contribution in [-0.4, -0.2) is 24.8 Å². The van der Waals surface area contributed by atoms with Crippen LogP contribution in [-0.2, 0) is 0 Å². The van der Waals surface area contributed by atoms with E-state index < -0.39 is 0 Å². The average Bonchev–Trinajstić information content (AvgIpc) is 2.85. The number of hydrogen-bond donors (Lipinski definition) is 0. The second-order valence-corrected chi connectivity index (χ2v) is 4.78. The first kappa shape index (κ1) is 12.6. The summed E-state index contributed by atoms with van der Waals surface area (Å²) in [4.78, 5) is 14.1. The van der Waals surface area contributed by atoms with Gasteiger partial charge in [0.2, 0.25) is 0 Å². The van der Waals surface area contributed by atoms with Crippen molar-refractivity contribution in [3.63, 3.8) is 0 Å². The number of likely N-dealkylation sites (N-methyl/N-ethyl adjacent to an activating group) is 1. The lowest BCUT2D eigenvalue weighted by Gasteiger charge is -2.15. The number of ketones is 1. The highest BCUT2D eigenvalue weighted by atomic mass is 16.1. The smallest absolute Gasteiger partial charge is 0.163 e. The number of Topliss-reactive ketones (excluding diaryl/α,β-unsaturated/α-hetero) is 1. The highest BCUT2D eigenvalue weighted by molar-refractivity contribution is 5.96. The Labute approximate surface area is 109 Å². The van der Waals surface area contributed by atoms with Crippen molar-refractivity contribution in [2.24, 2.45) is 0 Å². The molecule has 1 aromatic carbocycles. The van der Waals surface area contributed by atoms with E-state index in [9.17, 15) is 4.79 Å². The average molecular weight is 241 g/mol. The van der Waals surface area contributed by atoms with Crippen molar-refractivity contribution in [2.75, 3.05) is 14.1 Å². The van der Waals surface area contributed by atoms with E-state index in [-0.39, 0.29) is 5.78 Å². The molecule has 2 rings (SSSR count). The molecule has 1 aliphatic carbocycles. The first-order valence-corrected chi connectivity index (χ1v) is 6.32. The predicted molar refractivity (Wildman–Crippen MR) is 74.5 cm³/mol. The SMILES string of the molecule is CN(C)C1=C(CCC(=O)c2ccccc2)CC=C1. The topological polar surface area (TPSA) is 20.3 Å². The van der Waals surface area contributed by atoms with Crippen LogP contribution in [0.1, 0.15) is 29.6 Å². The predicted octanol–water partition coefficient (Wildman–Crippen LogP) is 3.43. The molecule has 0 aromatic heterocycles. The standard InChI is InChI=1S/C16H19NO/c1-17(2)15-10-6-9-13(15)11-12-16(18)14-7-4-3-5-8-14/h3-8,10H,9,11-12H2,1-2H3. The van der Waals surface area contributed by atoms with Crippen molar-refractivity contribution in [3.05, 3.63) is 59.3 Å². The molecule has 0 atom stereocenters. The Morgan fingerprint density at radius 3 is 2.61 bits per heavy atom. The van der Waals surface area contributed by atoms with E-state index in [4.69, 9.17) is 0 Å². The summed E-state index contributed by atoms with van der Waals surface area (Å²) in [6.07, 6.45) is 6.74. The first-order valence-electron chi connectivity index (χ1n) is 6.32. The zero-order chi connectivity index (χ0) is 13.0. The zero-order valence-electron chi connectivity index (χ0n) is 11.0. The molecule has 0 spiro atoms. The summed E-state index contributed by atoms with van der Waals surface area (Å²) >= 11 is 0. The third kappa shape index (κ3) is 2.89. The van der Waals surface area contributed by atoms with Gasteiger partial charge in [0.25, 0.3) is 0 Å². The molecule has 0 bridgehead atoms. The first-order chi connectivity index (χ1) is 8.68. The van der Waals surface area contributed by atoms with Gasteiger partial charge in [-0.05, 0) is 24.5 Å². The van der Waals surface area contributed by atoms with Crippen molar-refractivity contribution in [1.82, 2.24) is 4.90 Å². The third-order valence-electron chi connectivity index (χ3n) is 3.23. The minimum absolute atomic E-state index is 0.230. The Bertz CT molecular complexity index is 483. The number of benzene rings is 1. The number of carbonyl (C=O) groups excluding carboxylic acids is 1. The zero-order valence-corrected chi connectivity index (χ0v) is 11.0. The quantitative estimate of drug-likeness (QED) is 0.736. The van der Waals surface area contributed by atoms with Gasteiger partial charge in [0.1, 0.15) is 0 Å². The van der Waals surface area contributed by atoms with Crippen LogP contribution in [0.4, 0.5) is 0 Å². The van der Waals surface area contributed by atoms with Gasteiger partial charge in [-0.3, -0.25) is 4.79 Å². The van der Waals surface area contributed by atoms with Gasteiger partial charge >= 0.3 is 0 Å². The molecule has 0 amide bonds. The van der Waals surface area contributed by atoms with Crippen molar-refractivity contribution in [3.8, 4) is 0 Å². The molecular weight excluding hydrogens is 222 g/mol. The normalized spacial score (nSPS) is 14.1. The minimum Gasteiger partial charge on any atom is -0.378 e. The van der Waals surface area contributed by atoms with E-state index in [0.29, 0.717) is 6.42 Å². The number of hydrogen-bond acceptors (Lipinski definition) is 2. The Kier molecular flexibility index (Phi) is 3.98. The summed E-state index contributed by atoms with van der Waals surface area (Å²) in [7, 11) is 4.09. The molecule has 0 saturated heterocycles. The van der Waals surface area contributed by atoms with Crippen LogP contribution >= 0.6 is 0 Å². The second kappa shape index (κ2) is 5.67. The fourth-order valence-corrected chi connectivity index (χ4v) is 2.26. The molecule has 0 aliphatic heterocycles. The lowest BCUT2D eigenvalue weighted by Crippen LogP contribution is -2.10. The molecule has 0 heterocycles. The molecule has 94 valence electrons. The number of nitrogens with zero attached hydrogens (tertiary/aromatic N) is 1. The van der Waals surface area contributed by atoms with E-state index >= 15 is 0 Å². The van der Waals surface area contributed by atoms with Gasteiger partial charge in [-0.15, -0.1) is 0 Å². The van der Waals surface area contributed by atoms with Gasteiger partial charge in [-0.25, -0.2) is 0 Å². The molecule has 2 heteroatoms. The van der Waals surface area contributed by atoms with Crippen LogP contribution in [0.25, 0.3) is 0 Å². The maximum atomic E-state index is 12.0. The molecule has 1 aliphatic rings. The van der Waals surface area contributed by atoms with Crippen LogP contribution in [0.15, 0.2) is 53.8 Å². The summed E-state index contributed by atoms with van der Waals surface area (Å²) in [6.45, 7) is 0. The Morgan fingerprint density at radius 1 is 1.22 bits per heavy atom. The highest BCUT2D eigenvalue weighted by Gasteiger charge is 2.13.